The quantitative estimate of drug-likeness (QED) is 0.883. The van der Waals surface area contributed by atoms with Crippen LogP contribution in [0.25, 0.3) is 0 Å². The SMILES string of the molecule is NCC1CCCCC1Nc1cc(Cl)ccc1Br. The van der Waals surface area contributed by atoms with E-state index in [1.807, 2.05) is 18.2 Å². The Hall–Kier alpha value is -0.250. The van der Waals surface area contributed by atoms with Gasteiger partial charge in [0.2, 0.25) is 0 Å². The number of rotatable bonds is 3. The standard InChI is InChI=1S/C13H18BrClN2/c14-11-6-5-10(15)7-13(11)17-12-4-2-1-3-9(12)8-16/h5-7,9,12,17H,1-4,8,16H2. The molecule has 0 heterocycles. The van der Waals surface area contributed by atoms with Crippen LogP contribution in [-0.4, -0.2) is 12.6 Å². The highest BCUT2D eigenvalue weighted by atomic mass is 79.9. The first-order valence-electron chi connectivity index (χ1n) is 6.12. The van der Waals surface area contributed by atoms with E-state index in [0.717, 1.165) is 21.7 Å². The van der Waals surface area contributed by atoms with Gasteiger partial charge in [0, 0.05) is 15.5 Å². The minimum absolute atomic E-state index is 0.475. The molecule has 0 amide bonds. The van der Waals surface area contributed by atoms with Crippen LogP contribution in [0.5, 0.6) is 0 Å². The molecule has 1 aromatic rings. The molecular formula is C13H18BrClN2. The Kier molecular flexibility index (Phi) is 4.71. The van der Waals surface area contributed by atoms with Gasteiger partial charge in [-0.25, -0.2) is 0 Å². The van der Waals surface area contributed by atoms with Gasteiger partial charge < -0.3 is 11.1 Å². The Morgan fingerprint density at radius 1 is 1.35 bits per heavy atom. The van der Waals surface area contributed by atoms with Crippen molar-refractivity contribution in [3.05, 3.63) is 27.7 Å². The van der Waals surface area contributed by atoms with Crippen LogP contribution >= 0.6 is 27.5 Å². The van der Waals surface area contributed by atoms with Crippen LogP contribution in [0.1, 0.15) is 25.7 Å². The van der Waals surface area contributed by atoms with Crippen molar-refractivity contribution < 1.29 is 0 Å². The van der Waals surface area contributed by atoms with Gasteiger partial charge in [-0.2, -0.15) is 0 Å². The summed E-state index contributed by atoms with van der Waals surface area (Å²) in [5.74, 6) is 0.578. The fourth-order valence-corrected chi connectivity index (χ4v) is 3.02. The van der Waals surface area contributed by atoms with Crippen molar-refractivity contribution in [1.29, 1.82) is 0 Å². The number of benzene rings is 1. The molecule has 2 nitrogen and oxygen atoms in total. The molecule has 1 fully saturated rings. The van der Waals surface area contributed by atoms with E-state index in [0.29, 0.717) is 12.0 Å². The molecule has 94 valence electrons. The fourth-order valence-electron chi connectivity index (χ4n) is 2.49. The van der Waals surface area contributed by atoms with E-state index in [-0.39, 0.29) is 0 Å². The van der Waals surface area contributed by atoms with E-state index in [2.05, 4.69) is 21.2 Å². The first-order valence-corrected chi connectivity index (χ1v) is 7.29. The lowest BCUT2D eigenvalue weighted by atomic mass is 9.84. The number of halogens is 2. The van der Waals surface area contributed by atoms with E-state index in [1.54, 1.807) is 0 Å². The Morgan fingerprint density at radius 3 is 2.88 bits per heavy atom. The molecular weight excluding hydrogens is 300 g/mol. The molecule has 0 aliphatic heterocycles. The second-order valence-corrected chi connectivity index (χ2v) is 5.95. The first kappa shape index (κ1) is 13.2. The largest absolute Gasteiger partial charge is 0.381 e. The van der Waals surface area contributed by atoms with Crippen LogP contribution in [-0.2, 0) is 0 Å². The number of anilines is 1. The summed E-state index contributed by atoms with van der Waals surface area (Å²) < 4.78 is 1.06. The normalized spacial score (nSPS) is 24.6. The second-order valence-electron chi connectivity index (χ2n) is 4.66. The highest BCUT2D eigenvalue weighted by Crippen LogP contribution is 2.31. The van der Waals surface area contributed by atoms with Gasteiger partial charge in [0.05, 0.1) is 5.69 Å². The monoisotopic (exact) mass is 316 g/mol. The molecule has 0 aromatic heterocycles. The van der Waals surface area contributed by atoms with Crippen LogP contribution in [0.4, 0.5) is 5.69 Å². The van der Waals surface area contributed by atoms with Crippen molar-refractivity contribution in [2.24, 2.45) is 11.7 Å². The molecule has 0 spiro atoms. The van der Waals surface area contributed by atoms with E-state index < -0.39 is 0 Å². The topological polar surface area (TPSA) is 38.0 Å². The molecule has 1 aliphatic rings. The third-order valence-corrected chi connectivity index (χ3v) is 4.41. The zero-order chi connectivity index (χ0) is 12.3. The summed E-state index contributed by atoms with van der Waals surface area (Å²) in [6.45, 7) is 0.760. The molecule has 17 heavy (non-hydrogen) atoms. The van der Waals surface area contributed by atoms with Crippen LogP contribution in [0.15, 0.2) is 22.7 Å². The number of nitrogens with two attached hydrogens (primary N) is 1. The molecule has 2 rings (SSSR count). The van der Waals surface area contributed by atoms with Gasteiger partial charge in [-0.1, -0.05) is 24.4 Å². The highest BCUT2D eigenvalue weighted by Gasteiger charge is 2.24. The molecule has 2 atom stereocenters. The van der Waals surface area contributed by atoms with E-state index in [4.69, 9.17) is 17.3 Å². The van der Waals surface area contributed by atoms with Gasteiger partial charge in [-0.05, 0) is 59.4 Å². The van der Waals surface area contributed by atoms with Gasteiger partial charge in [-0.3, -0.25) is 0 Å². The lowest BCUT2D eigenvalue weighted by Gasteiger charge is -2.32. The van der Waals surface area contributed by atoms with Gasteiger partial charge in [0.1, 0.15) is 0 Å². The molecule has 4 heteroatoms. The minimum Gasteiger partial charge on any atom is -0.381 e. The number of hydrogen-bond donors (Lipinski definition) is 2. The lowest BCUT2D eigenvalue weighted by Crippen LogP contribution is -2.36. The van der Waals surface area contributed by atoms with Crippen LogP contribution in [0, 0.1) is 5.92 Å². The predicted octanol–water partition coefficient (Wildman–Crippen LogP) is 4.03. The van der Waals surface area contributed by atoms with E-state index in [1.165, 1.54) is 25.7 Å². The average molecular weight is 318 g/mol. The number of nitrogens with one attached hydrogen (secondary N) is 1. The van der Waals surface area contributed by atoms with Crippen molar-refractivity contribution in [3.63, 3.8) is 0 Å². The maximum absolute atomic E-state index is 6.02. The summed E-state index contributed by atoms with van der Waals surface area (Å²) in [6, 6.07) is 6.31. The van der Waals surface area contributed by atoms with Gasteiger partial charge in [0.15, 0.2) is 0 Å². The Bertz CT molecular complexity index is 384. The van der Waals surface area contributed by atoms with Crippen LogP contribution in [0.3, 0.4) is 0 Å². The first-order chi connectivity index (χ1) is 8.20. The van der Waals surface area contributed by atoms with Crippen molar-refractivity contribution >= 4 is 33.2 Å². The summed E-state index contributed by atoms with van der Waals surface area (Å²) >= 11 is 9.57. The molecule has 3 N–H and O–H groups in total. The zero-order valence-electron chi connectivity index (χ0n) is 9.76. The smallest absolute Gasteiger partial charge is 0.0501 e. The second kappa shape index (κ2) is 6.07. The predicted molar refractivity (Wildman–Crippen MR) is 77.6 cm³/mol. The van der Waals surface area contributed by atoms with Crippen LogP contribution < -0.4 is 11.1 Å². The average Bonchev–Trinajstić information content (AvgIpc) is 2.34. The maximum Gasteiger partial charge on any atom is 0.0501 e. The van der Waals surface area contributed by atoms with Crippen molar-refractivity contribution in [2.45, 2.75) is 31.7 Å². The van der Waals surface area contributed by atoms with E-state index >= 15 is 0 Å². The molecule has 0 saturated heterocycles. The summed E-state index contributed by atoms with van der Waals surface area (Å²) in [7, 11) is 0. The van der Waals surface area contributed by atoms with Gasteiger partial charge >= 0.3 is 0 Å². The molecule has 0 bridgehead atoms. The van der Waals surface area contributed by atoms with E-state index in [9.17, 15) is 0 Å². The summed E-state index contributed by atoms with van der Waals surface area (Å²) in [5.41, 5.74) is 6.91. The minimum atomic E-state index is 0.475. The zero-order valence-corrected chi connectivity index (χ0v) is 12.1. The van der Waals surface area contributed by atoms with Gasteiger partial charge in [-0.15, -0.1) is 0 Å². The molecule has 0 radical (unpaired) electrons. The van der Waals surface area contributed by atoms with Crippen molar-refractivity contribution in [3.8, 4) is 0 Å². The van der Waals surface area contributed by atoms with Crippen molar-refractivity contribution in [2.75, 3.05) is 11.9 Å². The summed E-state index contributed by atoms with van der Waals surface area (Å²) in [4.78, 5) is 0. The Morgan fingerprint density at radius 2 is 2.12 bits per heavy atom. The Balaban J connectivity index is 2.10. The molecule has 2 unspecified atom stereocenters. The molecule has 1 saturated carbocycles. The number of hydrogen-bond acceptors (Lipinski definition) is 2. The maximum atomic E-state index is 6.02. The summed E-state index contributed by atoms with van der Waals surface area (Å²) in [5, 5.41) is 4.34. The third kappa shape index (κ3) is 3.36. The molecule has 1 aliphatic carbocycles. The highest BCUT2D eigenvalue weighted by molar-refractivity contribution is 9.10. The van der Waals surface area contributed by atoms with Crippen LogP contribution in [0.2, 0.25) is 5.02 Å². The summed E-state index contributed by atoms with van der Waals surface area (Å²) in [6.07, 6.45) is 5.01. The van der Waals surface area contributed by atoms with Crippen molar-refractivity contribution in [1.82, 2.24) is 0 Å². The Labute approximate surface area is 116 Å². The molecule has 1 aromatic carbocycles. The van der Waals surface area contributed by atoms with Gasteiger partial charge in [0.25, 0.3) is 0 Å². The lowest BCUT2D eigenvalue weighted by molar-refractivity contribution is 0.332. The third-order valence-electron chi connectivity index (χ3n) is 3.48. The fraction of sp³-hybridized carbons (Fsp3) is 0.538.